The Hall–Kier alpha value is -0.780. The molecule has 0 N–H and O–H groups in total. The Labute approximate surface area is 152 Å². The molecule has 0 aromatic heterocycles. The van der Waals surface area contributed by atoms with Crippen molar-refractivity contribution in [3.63, 3.8) is 0 Å². The van der Waals surface area contributed by atoms with E-state index >= 15 is 0 Å². The number of amides is 1. The van der Waals surface area contributed by atoms with Gasteiger partial charge in [-0.25, -0.2) is 4.79 Å². The molecular formula is C19H26INO2. The highest BCUT2D eigenvalue weighted by Crippen LogP contribution is 2.44. The van der Waals surface area contributed by atoms with Gasteiger partial charge >= 0.3 is 6.09 Å². The normalized spacial score (nSPS) is 19.0. The van der Waals surface area contributed by atoms with E-state index in [1.165, 1.54) is 27.5 Å². The fraction of sp³-hybridized carbons (Fsp3) is 0.632. The zero-order valence-electron chi connectivity index (χ0n) is 14.4. The Morgan fingerprint density at radius 1 is 1.26 bits per heavy atom. The average Bonchev–Trinajstić information content (AvgIpc) is 2.70. The molecule has 0 saturated carbocycles. The molecular weight excluding hydrogens is 401 g/mol. The minimum Gasteiger partial charge on any atom is -0.449 e. The van der Waals surface area contributed by atoms with Crippen molar-refractivity contribution < 1.29 is 9.53 Å². The van der Waals surface area contributed by atoms with Gasteiger partial charge in [-0.1, -0.05) is 20.8 Å². The maximum atomic E-state index is 12.2. The third-order valence-electron chi connectivity index (χ3n) is 5.23. The predicted molar refractivity (Wildman–Crippen MR) is 101 cm³/mol. The standard InChI is InChI=1S/C19H26INO2/c1-4-11-23-18(22)21-9-6-13-12-16(20)15-5-8-19(2,3)17(15)14(13)7-10-21/h12H,4-11H2,1-3H3. The monoisotopic (exact) mass is 427 g/mol. The molecule has 2 aliphatic rings. The molecule has 1 amide bonds. The number of hydrogen-bond donors (Lipinski definition) is 0. The second-order valence-electron chi connectivity index (χ2n) is 7.33. The van der Waals surface area contributed by atoms with E-state index in [0.717, 1.165) is 32.4 Å². The van der Waals surface area contributed by atoms with Crippen LogP contribution in [0.4, 0.5) is 4.79 Å². The summed E-state index contributed by atoms with van der Waals surface area (Å²) in [5, 5.41) is 0. The van der Waals surface area contributed by atoms with Gasteiger partial charge in [-0.3, -0.25) is 0 Å². The van der Waals surface area contributed by atoms with Gasteiger partial charge in [0.05, 0.1) is 6.61 Å². The van der Waals surface area contributed by atoms with Crippen LogP contribution < -0.4 is 0 Å². The van der Waals surface area contributed by atoms with Crippen LogP contribution in [0.15, 0.2) is 6.07 Å². The minimum atomic E-state index is -0.148. The molecule has 0 fully saturated rings. The molecule has 0 bridgehead atoms. The van der Waals surface area contributed by atoms with E-state index in [2.05, 4.69) is 42.5 Å². The van der Waals surface area contributed by atoms with Gasteiger partial charge in [-0.15, -0.1) is 0 Å². The Morgan fingerprint density at radius 2 is 2.00 bits per heavy atom. The molecule has 0 unspecified atom stereocenters. The smallest absolute Gasteiger partial charge is 0.409 e. The number of rotatable bonds is 2. The van der Waals surface area contributed by atoms with Crippen LogP contribution >= 0.6 is 22.6 Å². The topological polar surface area (TPSA) is 29.5 Å². The van der Waals surface area contributed by atoms with E-state index in [1.54, 1.807) is 11.1 Å². The molecule has 1 heterocycles. The highest BCUT2D eigenvalue weighted by molar-refractivity contribution is 14.1. The molecule has 1 aliphatic carbocycles. The van der Waals surface area contributed by atoms with Crippen molar-refractivity contribution >= 4 is 28.7 Å². The highest BCUT2D eigenvalue weighted by atomic mass is 127. The number of ether oxygens (including phenoxy) is 1. The summed E-state index contributed by atoms with van der Waals surface area (Å²) in [6.07, 6.45) is 5.05. The van der Waals surface area contributed by atoms with Crippen LogP contribution in [0.1, 0.15) is 55.9 Å². The summed E-state index contributed by atoms with van der Waals surface area (Å²) in [4.78, 5) is 14.1. The average molecular weight is 427 g/mol. The SMILES string of the molecule is CCCOC(=O)N1CCc2cc(I)c3c(c2CC1)C(C)(C)CC3. The lowest BCUT2D eigenvalue weighted by molar-refractivity contribution is 0.104. The summed E-state index contributed by atoms with van der Waals surface area (Å²) in [7, 11) is 0. The lowest BCUT2D eigenvalue weighted by atomic mass is 9.81. The molecule has 4 heteroatoms. The summed E-state index contributed by atoms with van der Waals surface area (Å²) in [6, 6.07) is 2.36. The van der Waals surface area contributed by atoms with Gasteiger partial charge in [0.25, 0.3) is 0 Å². The fourth-order valence-electron chi connectivity index (χ4n) is 4.00. The first-order chi connectivity index (χ1) is 10.9. The number of benzene rings is 1. The van der Waals surface area contributed by atoms with Crippen LogP contribution in [-0.2, 0) is 29.4 Å². The number of fused-ring (bicyclic) bond motifs is 3. The molecule has 23 heavy (non-hydrogen) atoms. The van der Waals surface area contributed by atoms with Crippen LogP contribution in [0.25, 0.3) is 0 Å². The first kappa shape index (κ1) is 17.1. The quantitative estimate of drug-likeness (QED) is 0.653. The van der Waals surface area contributed by atoms with E-state index in [9.17, 15) is 4.79 Å². The van der Waals surface area contributed by atoms with E-state index < -0.39 is 0 Å². The number of hydrogen-bond acceptors (Lipinski definition) is 2. The number of nitrogens with zero attached hydrogens (tertiary/aromatic N) is 1. The van der Waals surface area contributed by atoms with Crippen LogP contribution in [0.2, 0.25) is 0 Å². The Morgan fingerprint density at radius 3 is 2.74 bits per heavy atom. The van der Waals surface area contributed by atoms with Crippen LogP contribution in [0, 0.1) is 3.57 Å². The van der Waals surface area contributed by atoms with Crippen LogP contribution in [0.5, 0.6) is 0 Å². The van der Waals surface area contributed by atoms with Gasteiger partial charge in [-0.2, -0.15) is 0 Å². The summed E-state index contributed by atoms with van der Waals surface area (Å²) in [5.41, 5.74) is 6.33. The van der Waals surface area contributed by atoms with E-state index in [4.69, 9.17) is 4.74 Å². The first-order valence-corrected chi connectivity index (χ1v) is 9.77. The molecule has 3 nitrogen and oxygen atoms in total. The Bertz CT molecular complexity index is 624. The third kappa shape index (κ3) is 3.24. The van der Waals surface area contributed by atoms with Crippen molar-refractivity contribution in [2.45, 2.75) is 58.3 Å². The fourth-order valence-corrected chi connectivity index (χ4v) is 4.91. The maximum Gasteiger partial charge on any atom is 0.409 e. The maximum absolute atomic E-state index is 12.2. The largest absolute Gasteiger partial charge is 0.449 e. The summed E-state index contributed by atoms with van der Waals surface area (Å²) >= 11 is 2.49. The van der Waals surface area contributed by atoms with Crippen molar-refractivity contribution in [1.29, 1.82) is 0 Å². The Kier molecular flexibility index (Phi) is 4.90. The summed E-state index contributed by atoms with van der Waals surface area (Å²) in [6.45, 7) is 8.83. The zero-order valence-corrected chi connectivity index (χ0v) is 16.5. The van der Waals surface area contributed by atoms with Crippen molar-refractivity contribution in [2.24, 2.45) is 0 Å². The van der Waals surface area contributed by atoms with Gasteiger partial charge in [0, 0.05) is 16.7 Å². The molecule has 3 rings (SSSR count). The molecule has 1 aliphatic heterocycles. The number of carbonyl (C=O) groups is 1. The molecule has 1 aromatic carbocycles. The lowest BCUT2D eigenvalue weighted by Crippen LogP contribution is -2.34. The summed E-state index contributed by atoms with van der Waals surface area (Å²) < 4.78 is 6.73. The summed E-state index contributed by atoms with van der Waals surface area (Å²) in [5.74, 6) is 0. The second kappa shape index (κ2) is 6.61. The predicted octanol–water partition coefficient (Wildman–Crippen LogP) is 4.46. The van der Waals surface area contributed by atoms with Gasteiger partial charge in [0.15, 0.2) is 0 Å². The van der Waals surface area contributed by atoms with Crippen molar-refractivity contribution in [1.82, 2.24) is 4.90 Å². The van der Waals surface area contributed by atoms with Crippen LogP contribution in [-0.4, -0.2) is 30.7 Å². The highest BCUT2D eigenvalue weighted by Gasteiger charge is 2.35. The van der Waals surface area contributed by atoms with Gasteiger partial charge in [0.1, 0.15) is 0 Å². The van der Waals surface area contributed by atoms with Crippen molar-refractivity contribution in [2.75, 3.05) is 19.7 Å². The lowest BCUT2D eigenvalue weighted by Gasteiger charge is -2.24. The molecule has 0 radical (unpaired) electrons. The Balaban J connectivity index is 1.88. The zero-order chi connectivity index (χ0) is 16.6. The first-order valence-electron chi connectivity index (χ1n) is 8.69. The van der Waals surface area contributed by atoms with Crippen molar-refractivity contribution in [3.05, 3.63) is 31.9 Å². The van der Waals surface area contributed by atoms with Crippen molar-refractivity contribution in [3.8, 4) is 0 Å². The van der Waals surface area contributed by atoms with E-state index in [-0.39, 0.29) is 11.5 Å². The van der Waals surface area contributed by atoms with Gasteiger partial charge in [0.2, 0.25) is 0 Å². The molecule has 0 saturated heterocycles. The number of halogens is 1. The number of carbonyl (C=O) groups excluding carboxylic acids is 1. The second-order valence-corrected chi connectivity index (χ2v) is 8.50. The molecule has 0 atom stereocenters. The minimum absolute atomic E-state index is 0.148. The molecule has 1 aromatic rings. The van der Waals surface area contributed by atoms with E-state index in [1.807, 2.05) is 11.8 Å². The van der Waals surface area contributed by atoms with Gasteiger partial charge < -0.3 is 9.64 Å². The van der Waals surface area contributed by atoms with Crippen LogP contribution in [0.3, 0.4) is 0 Å². The van der Waals surface area contributed by atoms with E-state index in [0.29, 0.717) is 6.61 Å². The third-order valence-corrected chi connectivity index (χ3v) is 6.19. The van der Waals surface area contributed by atoms with Gasteiger partial charge in [-0.05, 0) is 88.4 Å². The molecule has 0 spiro atoms. The molecule has 126 valence electrons.